The third kappa shape index (κ3) is 9.97. The van der Waals surface area contributed by atoms with Gasteiger partial charge < -0.3 is 10.6 Å². The number of rotatable bonds is 9. The van der Waals surface area contributed by atoms with E-state index in [2.05, 4.69) is 38.3 Å². The van der Waals surface area contributed by atoms with Crippen LogP contribution in [0.5, 0.6) is 0 Å². The molecule has 0 fully saturated rings. The lowest BCUT2D eigenvalue weighted by Crippen LogP contribution is -2.35. The summed E-state index contributed by atoms with van der Waals surface area (Å²) < 4.78 is 0. The fraction of sp³-hybridized carbons (Fsp3) is 0.923. The van der Waals surface area contributed by atoms with Crippen molar-refractivity contribution in [3.05, 3.63) is 0 Å². The van der Waals surface area contributed by atoms with Gasteiger partial charge in [-0.3, -0.25) is 4.79 Å². The van der Waals surface area contributed by atoms with Gasteiger partial charge in [-0.2, -0.15) is 0 Å². The molecule has 1 unspecified atom stereocenters. The van der Waals surface area contributed by atoms with Crippen LogP contribution in [-0.2, 0) is 4.79 Å². The SMILES string of the molecule is CCCCCC(C)NC(=O)CCNC(C)C. The normalized spacial score (nSPS) is 12.8. The van der Waals surface area contributed by atoms with Crippen LogP contribution < -0.4 is 10.6 Å². The van der Waals surface area contributed by atoms with E-state index < -0.39 is 0 Å². The van der Waals surface area contributed by atoms with Gasteiger partial charge in [0.15, 0.2) is 0 Å². The molecule has 0 radical (unpaired) electrons. The molecule has 0 aliphatic heterocycles. The van der Waals surface area contributed by atoms with Gasteiger partial charge in [-0.05, 0) is 13.3 Å². The molecule has 0 aromatic heterocycles. The Morgan fingerprint density at radius 3 is 2.44 bits per heavy atom. The summed E-state index contributed by atoms with van der Waals surface area (Å²) in [5.41, 5.74) is 0. The highest BCUT2D eigenvalue weighted by molar-refractivity contribution is 5.76. The Bertz CT molecular complexity index is 181. The van der Waals surface area contributed by atoms with Crippen LogP contribution in [0.2, 0.25) is 0 Å². The number of nitrogens with one attached hydrogen (secondary N) is 2. The number of hydrogen-bond donors (Lipinski definition) is 2. The zero-order valence-electron chi connectivity index (χ0n) is 11.3. The molecular formula is C13H28N2O. The fourth-order valence-corrected chi connectivity index (χ4v) is 1.59. The fourth-order valence-electron chi connectivity index (χ4n) is 1.59. The topological polar surface area (TPSA) is 41.1 Å². The molecule has 0 aliphatic rings. The van der Waals surface area contributed by atoms with E-state index >= 15 is 0 Å². The Morgan fingerprint density at radius 1 is 1.19 bits per heavy atom. The molecule has 3 nitrogen and oxygen atoms in total. The molecule has 0 aromatic rings. The first-order valence-corrected chi connectivity index (χ1v) is 6.59. The van der Waals surface area contributed by atoms with Gasteiger partial charge in [0.25, 0.3) is 0 Å². The summed E-state index contributed by atoms with van der Waals surface area (Å²) >= 11 is 0. The lowest BCUT2D eigenvalue weighted by atomic mass is 10.1. The molecule has 1 atom stereocenters. The number of amides is 1. The third-order valence-electron chi connectivity index (χ3n) is 2.55. The third-order valence-corrected chi connectivity index (χ3v) is 2.55. The van der Waals surface area contributed by atoms with E-state index in [0.29, 0.717) is 18.5 Å². The number of carbonyl (C=O) groups is 1. The molecular weight excluding hydrogens is 200 g/mol. The summed E-state index contributed by atoms with van der Waals surface area (Å²) in [4.78, 5) is 11.5. The highest BCUT2D eigenvalue weighted by atomic mass is 16.1. The molecule has 3 heteroatoms. The molecule has 0 bridgehead atoms. The lowest BCUT2D eigenvalue weighted by molar-refractivity contribution is -0.121. The van der Waals surface area contributed by atoms with Crippen LogP contribution in [0.15, 0.2) is 0 Å². The van der Waals surface area contributed by atoms with Gasteiger partial charge in [-0.15, -0.1) is 0 Å². The maximum atomic E-state index is 11.5. The summed E-state index contributed by atoms with van der Waals surface area (Å²) in [6.07, 6.45) is 5.38. The summed E-state index contributed by atoms with van der Waals surface area (Å²) in [6, 6.07) is 0.771. The van der Waals surface area contributed by atoms with Gasteiger partial charge in [-0.25, -0.2) is 0 Å². The minimum Gasteiger partial charge on any atom is -0.354 e. The highest BCUT2D eigenvalue weighted by Gasteiger charge is 2.06. The molecule has 1 amide bonds. The molecule has 96 valence electrons. The summed E-state index contributed by atoms with van der Waals surface area (Å²) in [5.74, 6) is 0.164. The lowest BCUT2D eigenvalue weighted by Gasteiger charge is -2.14. The molecule has 0 saturated carbocycles. The van der Waals surface area contributed by atoms with Crippen LogP contribution in [-0.4, -0.2) is 24.5 Å². The first-order valence-electron chi connectivity index (χ1n) is 6.59. The minimum atomic E-state index is 0.164. The standard InChI is InChI=1S/C13H28N2O/c1-5-6-7-8-12(4)15-13(16)9-10-14-11(2)3/h11-12,14H,5-10H2,1-4H3,(H,15,16). The second kappa shape index (κ2) is 9.64. The Balaban J connectivity index is 3.46. The first kappa shape index (κ1) is 15.4. The molecule has 0 spiro atoms. The number of carbonyl (C=O) groups excluding carboxylic acids is 1. The van der Waals surface area contributed by atoms with Crippen molar-refractivity contribution in [1.29, 1.82) is 0 Å². The average molecular weight is 228 g/mol. The van der Waals surface area contributed by atoms with Gasteiger partial charge in [0, 0.05) is 25.0 Å². The van der Waals surface area contributed by atoms with E-state index in [4.69, 9.17) is 0 Å². The van der Waals surface area contributed by atoms with Crippen molar-refractivity contribution in [3.8, 4) is 0 Å². The van der Waals surface area contributed by atoms with Crippen LogP contribution in [0, 0.1) is 0 Å². The molecule has 0 heterocycles. The molecule has 0 aromatic carbocycles. The monoisotopic (exact) mass is 228 g/mol. The quantitative estimate of drug-likeness (QED) is 0.595. The maximum absolute atomic E-state index is 11.5. The average Bonchev–Trinajstić information content (AvgIpc) is 2.17. The van der Waals surface area contributed by atoms with E-state index in [9.17, 15) is 4.79 Å². The van der Waals surface area contributed by atoms with Crippen LogP contribution in [0.1, 0.15) is 59.8 Å². The van der Waals surface area contributed by atoms with Crippen molar-refractivity contribution < 1.29 is 4.79 Å². The zero-order chi connectivity index (χ0) is 12.4. The van der Waals surface area contributed by atoms with E-state index in [-0.39, 0.29) is 5.91 Å². The Kier molecular flexibility index (Phi) is 9.30. The van der Waals surface area contributed by atoms with Gasteiger partial charge in [-0.1, -0.05) is 40.0 Å². The van der Waals surface area contributed by atoms with Crippen molar-refractivity contribution in [2.24, 2.45) is 0 Å². The highest BCUT2D eigenvalue weighted by Crippen LogP contribution is 2.02. The number of hydrogen-bond acceptors (Lipinski definition) is 2. The first-order chi connectivity index (χ1) is 7.56. The number of unbranched alkanes of at least 4 members (excludes halogenated alkanes) is 2. The molecule has 0 rings (SSSR count). The zero-order valence-corrected chi connectivity index (χ0v) is 11.3. The molecule has 2 N–H and O–H groups in total. The van der Waals surface area contributed by atoms with Crippen LogP contribution in [0.3, 0.4) is 0 Å². The second-order valence-corrected chi connectivity index (χ2v) is 4.82. The summed E-state index contributed by atoms with van der Waals surface area (Å²) in [6.45, 7) is 9.23. The van der Waals surface area contributed by atoms with Gasteiger partial charge in [0.2, 0.25) is 5.91 Å². The summed E-state index contributed by atoms with van der Waals surface area (Å²) in [5, 5.41) is 6.27. The van der Waals surface area contributed by atoms with E-state index in [1.54, 1.807) is 0 Å². The van der Waals surface area contributed by atoms with Crippen LogP contribution in [0.25, 0.3) is 0 Å². The maximum Gasteiger partial charge on any atom is 0.221 e. The molecule has 0 aliphatic carbocycles. The predicted molar refractivity (Wildman–Crippen MR) is 69.5 cm³/mol. The van der Waals surface area contributed by atoms with Gasteiger partial charge in [0.1, 0.15) is 0 Å². The van der Waals surface area contributed by atoms with Crippen LogP contribution >= 0.6 is 0 Å². The van der Waals surface area contributed by atoms with Crippen molar-refractivity contribution >= 4 is 5.91 Å². The van der Waals surface area contributed by atoms with E-state index in [1.807, 2.05) is 0 Å². The van der Waals surface area contributed by atoms with Crippen molar-refractivity contribution in [2.45, 2.75) is 71.9 Å². The van der Waals surface area contributed by atoms with Gasteiger partial charge in [0.05, 0.1) is 0 Å². The van der Waals surface area contributed by atoms with Crippen molar-refractivity contribution in [1.82, 2.24) is 10.6 Å². The second-order valence-electron chi connectivity index (χ2n) is 4.82. The van der Waals surface area contributed by atoms with E-state index in [0.717, 1.165) is 13.0 Å². The van der Waals surface area contributed by atoms with Crippen molar-refractivity contribution in [3.63, 3.8) is 0 Å². The Morgan fingerprint density at radius 2 is 1.88 bits per heavy atom. The van der Waals surface area contributed by atoms with Crippen LogP contribution in [0.4, 0.5) is 0 Å². The smallest absolute Gasteiger partial charge is 0.221 e. The largest absolute Gasteiger partial charge is 0.354 e. The molecule has 16 heavy (non-hydrogen) atoms. The minimum absolute atomic E-state index is 0.164. The van der Waals surface area contributed by atoms with Gasteiger partial charge >= 0.3 is 0 Å². The Hall–Kier alpha value is -0.570. The van der Waals surface area contributed by atoms with Crippen molar-refractivity contribution in [2.75, 3.05) is 6.54 Å². The van der Waals surface area contributed by atoms with E-state index in [1.165, 1.54) is 19.3 Å². The Labute approximate surface area is 100 Å². The summed E-state index contributed by atoms with van der Waals surface area (Å²) in [7, 11) is 0. The molecule has 0 saturated heterocycles. The predicted octanol–water partition coefficient (Wildman–Crippen LogP) is 2.46.